The molecule has 0 radical (unpaired) electrons. The van der Waals surface area contributed by atoms with Gasteiger partial charge in [0.15, 0.2) is 0 Å². The molecule has 0 aromatic heterocycles. The van der Waals surface area contributed by atoms with Crippen molar-refractivity contribution >= 4 is 0 Å². The van der Waals surface area contributed by atoms with E-state index in [1.54, 1.807) is 0 Å². The molecule has 0 spiro atoms. The van der Waals surface area contributed by atoms with Crippen LogP contribution in [0.1, 0.15) is 38.2 Å². The lowest BCUT2D eigenvalue weighted by Gasteiger charge is -2.47. The molecule has 0 amide bonds. The van der Waals surface area contributed by atoms with Crippen LogP contribution in [0.3, 0.4) is 0 Å². The van der Waals surface area contributed by atoms with Crippen LogP contribution < -0.4 is 5.32 Å². The van der Waals surface area contributed by atoms with Gasteiger partial charge >= 0.3 is 0 Å². The van der Waals surface area contributed by atoms with Crippen molar-refractivity contribution in [1.29, 1.82) is 0 Å². The average Bonchev–Trinajstić information content (AvgIpc) is 2.72. The molecule has 2 aliphatic heterocycles. The summed E-state index contributed by atoms with van der Waals surface area (Å²) < 4.78 is 0. The molecular weight excluding hydrogens is 244 g/mol. The highest BCUT2D eigenvalue weighted by Gasteiger charge is 2.58. The molecule has 3 aliphatic rings. The fourth-order valence-corrected chi connectivity index (χ4v) is 5.31. The number of piperidine rings is 1. The second-order valence-electron chi connectivity index (χ2n) is 7.40. The molecule has 5 atom stereocenters. The minimum atomic E-state index is 0.519. The summed E-state index contributed by atoms with van der Waals surface area (Å²) in [4.78, 5) is 2.71. The Morgan fingerprint density at radius 1 is 1.25 bits per heavy atom. The van der Waals surface area contributed by atoms with Gasteiger partial charge in [0.1, 0.15) is 0 Å². The molecule has 1 aliphatic carbocycles. The number of likely N-dealkylation sites (tertiary alicyclic amines) is 1. The number of nitrogens with zero attached hydrogens (tertiary/aromatic N) is 1. The largest absolute Gasteiger partial charge is 0.309 e. The summed E-state index contributed by atoms with van der Waals surface area (Å²) in [5, 5.41) is 4.02. The van der Waals surface area contributed by atoms with Crippen LogP contribution >= 0.6 is 0 Å². The Morgan fingerprint density at radius 3 is 2.85 bits per heavy atom. The molecule has 1 unspecified atom stereocenters. The van der Waals surface area contributed by atoms with Gasteiger partial charge in [0, 0.05) is 24.2 Å². The molecule has 1 aromatic rings. The van der Waals surface area contributed by atoms with Crippen molar-refractivity contribution in [3.63, 3.8) is 0 Å². The van der Waals surface area contributed by atoms with E-state index in [-0.39, 0.29) is 0 Å². The summed E-state index contributed by atoms with van der Waals surface area (Å²) in [6, 6.07) is 13.9. The zero-order valence-electron chi connectivity index (χ0n) is 12.7. The summed E-state index contributed by atoms with van der Waals surface area (Å²) >= 11 is 0. The monoisotopic (exact) mass is 270 g/mol. The molecular formula is C18H26N2. The fourth-order valence-electron chi connectivity index (χ4n) is 5.31. The highest BCUT2D eigenvalue weighted by molar-refractivity contribution is 5.21. The molecule has 2 saturated heterocycles. The first-order chi connectivity index (χ1) is 9.68. The lowest BCUT2D eigenvalue weighted by atomic mass is 9.65. The standard InChI is InChI=1S/C18H26N2/c1-18-12-15-14(11-13-7-4-3-5-8-13)19-16(18)9-6-10-17(18)20(15)2/h3-5,7-8,14-17,19H,6,9-12H2,1-2H3/t14-,15-,16+,17?,18+/m0/s1. The van der Waals surface area contributed by atoms with Gasteiger partial charge in [-0.2, -0.15) is 0 Å². The van der Waals surface area contributed by atoms with Crippen LogP contribution in [0.4, 0.5) is 0 Å². The minimum absolute atomic E-state index is 0.519. The van der Waals surface area contributed by atoms with Gasteiger partial charge < -0.3 is 5.32 Å². The Kier molecular flexibility index (Phi) is 2.94. The van der Waals surface area contributed by atoms with E-state index in [2.05, 4.69) is 54.5 Å². The van der Waals surface area contributed by atoms with Crippen molar-refractivity contribution in [3.8, 4) is 0 Å². The van der Waals surface area contributed by atoms with Crippen LogP contribution in [0.2, 0.25) is 0 Å². The third kappa shape index (κ3) is 1.78. The van der Waals surface area contributed by atoms with Gasteiger partial charge in [-0.05, 0) is 43.7 Å². The van der Waals surface area contributed by atoms with E-state index in [0.29, 0.717) is 11.5 Å². The van der Waals surface area contributed by atoms with Gasteiger partial charge in [-0.1, -0.05) is 43.7 Å². The zero-order chi connectivity index (χ0) is 13.7. The van der Waals surface area contributed by atoms with Crippen molar-refractivity contribution in [1.82, 2.24) is 10.2 Å². The number of rotatable bonds is 2. The Morgan fingerprint density at radius 2 is 2.05 bits per heavy atom. The molecule has 1 saturated carbocycles. The van der Waals surface area contributed by atoms with Crippen LogP contribution in [0.5, 0.6) is 0 Å². The van der Waals surface area contributed by atoms with Crippen molar-refractivity contribution in [2.75, 3.05) is 7.05 Å². The molecule has 3 fully saturated rings. The summed E-state index contributed by atoms with van der Waals surface area (Å²) in [5.41, 5.74) is 1.99. The molecule has 2 heteroatoms. The number of nitrogens with one attached hydrogen (secondary N) is 1. The van der Waals surface area contributed by atoms with E-state index in [1.165, 1.54) is 37.7 Å². The lowest BCUT2D eigenvalue weighted by molar-refractivity contribution is 0.0940. The maximum absolute atomic E-state index is 4.02. The SMILES string of the molecule is CN1C2CCC[C@H]3N[C@@H](Cc4ccccc4)[C@@H]1C[C@@]23C. The topological polar surface area (TPSA) is 15.3 Å². The van der Waals surface area contributed by atoms with Crippen molar-refractivity contribution in [3.05, 3.63) is 35.9 Å². The van der Waals surface area contributed by atoms with Crippen LogP contribution in [0.25, 0.3) is 0 Å². The lowest BCUT2D eigenvalue weighted by Crippen LogP contribution is -2.58. The van der Waals surface area contributed by atoms with Crippen LogP contribution in [-0.2, 0) is 6.42 Å². The van der Waals surface area contributed by atoms with Crippen molar-refractivity contribution in [2.45, 2.75) is 63.2 Å². The van der Waals surface area contributed by atoms with E-state index in [4.69, 9.17) is 0 Å². The van der Waals surface area contributed by atoms with Gasteiger partial charge in [0.05, 0.1) is 0 Å². The Bertz CT molecular complexity index is 485. The first-order valence-corrected chi connectivity index (χ1v) is 8.20. The number of hydrogen-bond acceptors (Lipinski definition) is 2. The summed E-state index contributed by atoms with van der Waals surface area (Å²) in [7, 11) is 2.37. The smallest absolute Gasteiger partial charge is 0.0266 e. The van der Waals surface area contributed by atoms with Gasteiger partial charge in [0.25, 0.3) is 0 Å². The normalized spacial score (nSPS) is 43.7. The van der Waals surface area contributed by atoms with E-state index < -0.39 is 0 Å². The average molecular weight is 270 g/mol. The molecule has 2 nitrogen and oxygen atoms in total. The van der Waals surface area contributed by atoms with Crippen molar-refractivity contribution in [2.24, 2.45) is 5.41 Å². The molecule has 4 rings (SSSR count). The number of benzene rings is 1. The van der Waals surface area contributed by atoms with Crippen LogP contribution in [0.15, 0.2) is 30.3 Å². The van der Waals surface area contributed by atoms with Gasteiger partial charge in [0.2, 0.25) is 0 Å². The molecule has 2 heterocycles. The molecule has 1 aromatic carbocycles. The zero-order valence-corrected chi connectivity index (χ0v) is 12.7. The Labute approximate surface area is 122 Å². The second kappa shape index (κ2) is 4.57. The predicted octanol–water partition coefficient (Wildman–Crippen LogP) is 2.83. The van der Waals surface area contributed by atoms with Crippen LogP contribution in [-0.4, -0.2) is 36.1 Å². The first kappa shape index (κ1) is 12.8. The van der Waals surface area contributed by atoms with Gasteiger partial charge in [-0.15, -0.1) is 0 Å². The third-order valence-corrected chi connectivity index (χ3v) is 6.37. The molecule has 20 heavy (non-hydrogen) atoms. The second-order valence-corrected chi connectivity index (χ2v) is 7.40. The molecule has 2 bridgehead atoms. The highest BCUT2D eigenvalue weighted by Crippen LogP contribution is 2.52. The summed E-state index contributed by atoms with van der Waals surface area (Å²) in [6.07, 6.45) is 6.74. The highest BCUT2D eigenvalue weighted by atomic mass is 15.3. The van der Waals surface area contributed by atoms with E-state index in [9.17, 15) is 0 Å². The minimum Gasteiger partial charge on any atom is -0.309 e. The van der Waals surface area contributed by atoms with E-state index >= 15 is 0 Å². The number of likely N-dealkylation sites (N-methyl/N-ethyl adjacent to an activating group) is 1. The van der Waals surface area contributed by atoms with E-state index in [0.717, 1.165) is 18.1 Å². The van der Waals surface area contributed by atoms with Gasteiger partial charge in [-0.25, -0.2) is 0 Å². The van der Waals surface area contributed by atoms with E-state index in [1.807, 2.05) is 0 Å². The summed E-state index contributed by atoms with van der Waals surface area (Å²) in [5.74, 6) is 0. The Balaban J connectivity index is 1.61. The predicted molar refractivity (Wildman–Crippen MR) is 82.8 cm³/mol. The van der Waals surface area contributed by atoms with Gasteiger partial charge in [-0.3, -0.25) is 4.90 Å². The van der Waals surface area contributed by atoms with Crippen LogP contribution in [0, 0.1) is 5.41 Å². The summed E-state index contributed by atoms with van der Waals surface area (Å²) in [6.45, 7) is 2.53. The fraction of sp³-hybridized carbons (Fsp3) is 0.667. The quantitative estimate of drug-likeness (QED) is 0.889. The Hall–Kier alpha value is -0.860. The molecule has 1 N–H and O–H groups in total. The molecule has 108 valence electrons. The third-order valence-electron chi connectivity index (χ3n) is 6.37. The maximum Gasteiger partial charge on any atom is 0.0266 e. The van der Waals surface area contributed by atoms with Crippen molar-refractivity contribution < 1.29 is 0 Å². The number of fused-ring (bicyclic) bond motifs is 1. The maximum atomic E-state index is 4.02. The number of hydrogen-bond donors (Lipinski definition) is 1. The first-order valence-electron chi connectivity index (χ1n) is 8.20.